The molecule has 38 valence electrons. The first-order valence-electron chi connectivity index (χ1n) is 1.54. The van der Waals surface area contributed by atoms with E-state index >= 15 is 0 Å². The van der Waals surface area contributed by atoms with Gasteiger partial charge in [0.25, 0.3) is 0 Å². The average molecular weight is 102 g/mol. The van der Waals surface area contributed by atoms with Gasteiger partial charge in [-0.2, -0.15) is 0 Å². The molecule has 0 atom stereocenters. The van der Waals surface area contributed by atoms with Gasteiger partial charge >= 0.3 is 15.4 Å². The molecule has 0 aliphatic heterocycles. The van der Waals surface area contributed by atoms with Crippen molar-refractivity contribution in [3.8, 4) is 0 Å². The first kappa shape index (κ1) is 6.97. The van der Waals surface area contributed by atoms with Gasteiger partial charge in [-0.25, -0.2) is 0 Å². The van der Waals surface area contributed by atoms with E-state index in [1.807, 2.05) is 0 Å². The van der Waals surface area contributed by atoms with E-state index in [4.69, 9.17) is 5.02 Å². The van der Waals surface area contributed by atoms with Crippen molar-refractivity contribution in [1.29, 1.82) is 0 Å². The lowest BCUT2D eigenvalue weighted by Gasteiger charge is -1.92. The Bertz CT molecular complexity index is 28.9. The zero-order chi connectivity index (χ0) is 5.54. The molecule has 0 unspecified atom stereocenters. The highest BCUT2D eigenvalue weighted by molar-refractivity contribution is 6.20. The lowest BCUT2D eigenvalue weighted by atomic mass is 10.4. The van der Waals surface area contributed by atoms with Crippen LogP contribution >= 0.6 is 0 Å². The Morgan fingerprint density at radius 1 is 1.43 bits per heavy atom. The summed E-state index contributed by atoms with van der Waals surface area (Å²) in [5.41, 5.74) is 0. The second kappa shape index (κ2) is 5.97. The molecule has 0 heterocycles. The van der Waals surface area contributed by atoms with E-state index in [1.54, 1.807) is 0 Å². The van der Waals surface area contributed by atoms with Crippen LogP contribution in [-0.4, -0.2) is 27.5 Å². The second-order valence-electron chi connectivity index (χ2n) is 0.630. The average Bonchev–Trinajstić information content (AvgIpc) is 1.69. The summed E-state index contributed by atoms with van der Waals surface area (Å²) in [5.74, 6) is 0. The van der Waals surface area contributed by atoms with Crippen LogP contribution in [0.4, 0.5) is 0 Å². The topological polar surface area (TPSA) is 47.9 Å². The summed E-state index contributed by atoms with van der Waals surface area (Å²) >= 11 is 0. The Morgan fingerprint density at radius 3 is 2.57 bits per heavy atom. The maximum Gasteiger partial charge on any atom is 0.522 e. The summed E-state index contributed by atoms with van der Waals surface area (Å²) < 4.78 is 4.24. The number of rotatable bonds is 4. The molecule has 7 heavy (non-hydrogen) atoms. The quantitative estimate of drug-likeness (QED) is 0.206. The van der Waals surface area contributed by atoms with Crippen molar-refractivity contribution in [2.45, 2.75) is 0 Å². The Kier molecular flexibility index (Phi) is 5.94. The number of hydrogen-bond acceptors (Lipinski definition) is 4. The van der Waals surface area contributed by atoms with Crippen LogP contribution in [0, 0.1) is 0 Å². The minimum Gasteiger partial charge on any atom is -0.427 e. The number of hydrogen-bond donors (Lipinski definition) is 1. The molecule has 0 aromatic heterocycles. The molecule has 0 saturated heterocycles. The van der Waals surface area contributed by atoms with Crippen molar-refractivity contribution in [3.63, 3.8) is 0 Å². The Balaban J connectivity index is 2.45. The van der Waals surface area contributed by atoms with Gasteiger partial charge < -0.3 is 9.68 Å². The van der Waals surface area contributed by atoms with Crippen LogP contribution in [0.2, 0.25) is 0 Å². The second-order valence-corrected chi connectivity index (χ2v) is 0.630. The molecule has 6 heteroatoms. The van der Waals surface area contributed by atoms with Gasteiger partial charge in [0, 0.05) is 7.11 Å². The standard InChI is InChI=1S/CH4B2O4/c1-5-3-7-6-2-4/h4H,1H3. The Labute approximate surface area is 42.9 Å². The first-order valence-corrected chi connectivity index (χ1v) is 1.54. The molecule has 0 aromatic carbocycles. The maximum absolute atomic E-state index is 7.75. The third kappa shape index (κ3) is 5.97. The Hall–Kier alpha value is -0.0301. The SMILES string of the molecule is CO[B]OO[B]O. The first-order chi connectivity index (χ1) is 3.41. The monoisotopic (exact) mass is 102 g/mol. The normalized spacial score (nSPS) is 8.29. The van der Waals surface area contributed by atoms with Crippen molar-refractivity contribution in [2.75, 3.05) is 7.11 Å². The van der Waals surface area contributed by atoms with Crippen LogP contribution in [0.15, 0.2) is 0 Å². The van der Waals surface area contributed by atoms with Crippen molar-refractivity contribution >= 4 is 15.4 Å². The highest BCUT2D eigenvalue weighted by Crippen LogP contribution is 1.67. The summed E-state index contributed by atoms with van der Waals surface area (Å²) in [7, 11) is 2.71. The van der Waals surface area contributed by atoms with E-state index in [2.05, 4.69) is 14.3 Å². The maximum atomic E-state index is 7.75. The molecule has 0 amide bonds. The predicted octanol–water partition coefficient (Wildman–Crippen LogP) is -1.36. The van der Waals surface area contributed by atoms with E-state index < -0.39 is 0 Å². The fourth-order valence-electron chi connectivity index (χ4n) is 0.0868. The van der Waals surface area contributed by atoms with Crippen molar-refractivity contribution in [2.24, 2.45) is 0 Å². The molecule has 0 fully saturated rings. The lowest BCUT2D eigenvalue weighted by Crippen LogP contribution is -2.04. The molecule has 0 aliphatic rings. The molecule has 0 spiro atoms. The molecule has 0 aliphatic carbocycles. The largest absolute Gasteiger partial charge is 0.522 e. The molecular weight excluding hydrogens is 97.6 g/mol. The van der Waals surface area contributed by atoms with Gasteiger partial charge in [-0.1, -0.05) is 0 Å². The van der Waals surface area contributed by atoms with E-state index in [1.165, 1.54) is 7.11 Å². The summed E-state index contributed by atoms with van der Waals surface area (Å²) in [4.78, 5) is 7.80. The molecule has 0 aromatic rings. The van der Waals surface area contributed by atoms with Crippen LogP contribution in [0.1, 0.15) is 0 Å². The van der Waals surface area contributed by atoms with Crippen LogP contribution in [0.5, 0.6) is 0 Å². The van der Waals surface area contributed by atoms with Crippen molar-refractivity contribution in [3.05, 3.63) is 0 Å². The van der Waals surface area contributed by atoms with Gasteiger partial charge in [0.15, 0.2) is 0 Å². The Morgan fingerprint density at radius 2 is 2.14 bits per heavy atom. The van der Waals surface area contributed by atoms with Gasteiger partial charge in [-0.3, -0.25) is 9.61 Å². The minimum atomic E-state index is 0.398. The van der Waals surface area contributed by atoms with E-state index in [0.29, 0.717) is 7.69 Å². The molecule has 1 N–H and O–H groups in total. The molecule has 4 nitrogen and oxygen atoms in total. The summed E-state index contributed by atoms with van der Waals surface area (Å²) in [5, 5.41) is 7.75. The summed E-state index contributed by atoms with van der Waals surface area (Å²) in [6, 6.07) is 0. The highest BCUT2D eigenvalue weighted by atomic mass is 17.2. The highest BCUT2D eigenvalue weighted by Gasteiger charge is 1.89. The minimum absolute atomic E-state index is 0.398. The molecule has 0 saturated carbocycles. The van der Waals surface area contributed by atoms with Gasteiger partial charge in [0.05, 0.1) is 0 Å². The summed E-state index contributed by atoms with van der Waals surface area (Å²) in [6.07, 6.45) is 0. The van der Waals surface area contributed by atoms with Gasteiger partial charge in [-0.05, 0) is 0 Å². The van der Waals surface area contributed by atoms with Gasteiger partial charge in [0.2, 0.25) is 0 Å². The van der Waals surface area contributed by atoms with Crippen LogP contribution in [0.25, 0.3) is 0 Å². The van der Waals surface area contributed by atoms with E-state index in [-0.39, 0.29) is 0 Å². The molecular formula is CH4B2O4. The zero-order valence-electron chi connectivity index (χ0n) is 3.83. The van der Waals surface area contributed by atoms with E-state index in [0.717, 1.165) is 7.69 Å². The fraction of sp³-hybridized carbons (Fsp3) is 1.00. The fourth-order valence-corrected chi connectivity index (χ4v) is 0.0868. The van der Waals surface area contributed by atoms with Crippen LogP contribution in [0.3, 0.4) is 0 Å². The molecule has 0 bridgehead atoms. The summed E-state index contributed by atoms with van der Waals surface area (Å²) in [6.45, 7) is 0. The third-order valence-corrected chi connectivity index (χ3v) is 0.234. The molecule has 2 radical (unpaired) electrons. The smallest absolute Gasteiger partial charge is 0.427 e. The lowest BCUT2D eigenvalue weighted by molar-refractivity contribution is -0.124. The zero-order valence-corrected chi connectivity index (χ0v) is 3.83. The van der Waals surface area contributed by atoms with Crippen LogP contribution < -0.4 is 0 Å². The van der Waals surface area contributed by atoms with Crippen molar-refractivity contribution in [1.82, 2.24) is 0 Å². The predicted molar refractivity (Wildman–Crippen MR) is 22.9 cm³/mol. The molecule has 0 rings (SSSR count). The van der Waals surface area contributed by atoms with Gasteiger partial charge in [-0.15, -0.1) is 0 Å². The van der Waals surface area contributed by atoms with Crippen molar-refractivity contribution < 1.29 is 19.3 Å². The van der Waals surface area contributed by atoms with Crippen LogP contribution in [-0.2, 0) is 14.3 Å². The third-order valence-electron chi connectivity index (χ3n) is 0.234. The van der Waals surface area contributed by atoms with Gasteiger partial charge in [0.1, 0.15) is 0 Å². The van der Waals surface area contributed by atoms with E-state index in [9.17, 15) is 0 Å².